The summed E-state index contributed by atoms with van der Waals surface area (Å²) < 4.78 is 0. The van der Waals surface area contributed by atoms with Crippen LogP contribution in [-0.4, -0.2) is 73.5 Å². The molecule has 0 unspecified atom stereocenters. The molecular weight excluding hydrogens is 328 g/mol. The minimum atomic E-state index is 0.0224. The number of nitrogens with zero attached hydrogens (tertiary/aromatic N) is 3. The molecule has 3 rings (SSSR count). The van der Waals surface area contributed by atoms with E-state index in [-0.39, 0.29) is 17.9 Å². The Balaban J connectivity index is 1.60. The van der Waals surface area contributed by atoms with Crippen LogP contribution < -0.4 is 5.73 Å². The van der Waals surface area contributed by atoms with Crippen LogP contribution in [0.4, 0.5) is 4.79 Å². The van der Waals surface area contributed by atoms with Gasteiger partial charge in [-0.2, -0.15) is 0 Å². The quantitative estimate of drug-likeness (QED) is 0.892. The molecule has 3 amide bonds. The number of benzene rings is 1. The summed E-state index contributed by atoms with van der Waals surface area (Å²) in [4.78, 5) is 30.5. The van der Waals surface area contributed by atoms with Crippen molar-refractivity contribution >= 4 is 11.9 Å². The van der Waals surface area contributed by atoms with Gasteiger partial charge in [0.2, 0.25) is 5.91 Å². The van der Waals surface area contributed by atoms with Crippen molar-refractivity contribution in [2.45, 2.75) is 18.8 Å². The third-order valence-electron chi connectivity index (χ3n) is 5.78. The highest BCUT2D eigenvalue weighted by Gasteiger charge is 2.38. The lowest BCUT2D eigenvalue weighted by Gasteiger charge is -2.34. The minimum Gasteiger partial charge on any atom is -0.341 e. The van der Waals surface area contributed by atoms with Gasteiger partial charge in [0.25, 0.3) is 0 Å². The Hall–Kier alpha value is -2.08. The van der Waals surface area contributed by atoms with Gasteiger partial charge in [0.05, 0.1) is 0 Å². The van der Waals surface area contributed by atoms with Gasteiger partial charge in [-0.05, 0) is 30.9 Å². The molecule has 2 atom stereocenters. The summed E-state index contributed by atoms with van der Waals surface area (Å²) in [5, 5.41) is 0. The average molecular weight is 358 g/mol. The smallest absolute Gasteiger partial charge is 0.319 e. The molecule has 0 spiro atoms. The normalized spacial score (nSPS) is 24.0. The largest absolute Gasteiger partial charge is 0.341 e. The lowest BCUT2D eigenvalue weighted by molar-refractivity contribution is -0.136. The molecule has 2 heterocycles. The molecule has 1 aromatic carbocycles. The van der Waals surface area contributed by atoms with Crippen LogP contribution in [0, 0.1) is 11.8 Å². The van der Waals surface area contributed by atoms with Crippen LogP contribution in [0.25, 0.3) is 0 Å². The maximum absolute atomic E-state index is 13.0. The minimum absolute atomic E-state index is 0.0224. The molecule has 2 fully saturated rings. The Morgan fingerprint density at radius 2 is 1.73 bits per heavy atom. The predicted molar refractivity (Wildman–Crippen MR) is 102 cm³/mol. The maximum atomic E-state index is 13.0. The molecule has 2 aliphatic heterocycles. The molecule has 6 nitrogen and oxygen atoms in total. The van der Waals surface area contributed by atoms with Gasteiger partial charge in [0.1, 0.15) is 0 Å². The van der Waals surface area contributed by atoms with Gasteiger partial charge < -0.3 is 20.4 Å². The summed E-state index contributed by atoms with van der Waals surface area (Å²) in [6.07, 6.45) is 1.50. The Labute approximate surface area is 155 Å². The summed E-state index contributed by atoms with van der Waals surface area (Å²) >= 11 is 0. The van der Waals surface area contributed by atoms with Crippen molar-refractivity contribution < 1.29 is 9.59 Å². The first kappa shape index (κ1) is 18.7. The highest BCUT2D eigenvalue weighted by atomic mass is 16.2. The Morgan fingerprint density at radius 3 is 2.31 bits per heavy atom. The summed E-state index contributed by atoms with van der Waals surface area (Å²) in [6, 6.07) is 10.4. The molecule has 2 saturated heterocycles. The SMILES string of the molecule is CN(C)C(=O)N1CCC(C(=O)N2C[C@@H](CN)[C@H](c3ccccc3)C2)CC1. The predicted octanol–water partition coefficient (Wildman–Crippen LogP) is 1.58. The maximum Gasteiger partial charge on any atom is 0.319 e. The molecule has 26 heavy (non-hydrogen) atoms. The zero-order chi connectivity index (χ0) is 18.7. The molecule has 6 heteroatoms. The standard InChI is InChI=1S/C20H30N4O2/c1-22(2)20(26)23-10-8-16(9-11-23)19(25)24-13-17(12-21)18(14-24)15-6-4-3-5-7-15/h3-7,16-18H,8-14,21H2,1-2H3/t17-,18+/m1/s1. The lowest BCUT2D eigenvalue weighted by atomic mass is 9.89. The first-order valence-electron chi connectivity index (χ1n) is 9.51. The van der Waals surface area contributed by atoms with E-state index in [1.54, 1.807) is 19.0 Å². The van der Waals surface area contributed by atoms with Gasteiger partial charge in [0, 0.05) is 52.1 Å². The van der Waals surface area contributed by atoms with Gasteiger partial charge >= 0.3 is 6.03 Å². The van der Waals surface area contributed by atoms with E-state index in [1.165, 1.54) is 5.56 Å². The number of amides is 3. The van der Waals surface area contributed by atoms with Crippen LogP contribution in [0.2, 0.25) is 0 Å². The Bertz CT molecular complexity index is 626. The summed E-state index contributed by atoms with van der Waals surface area (Å²) in [6.45, 7) is 3.40. The second-order valence-corrected chi connectivity index (χ2v) is 7.69. The van der Waals surface area contributed by atoms with Gasteiger partial charge in [-0.1, -0.05) is 30.3 Å². The van der Waals surface area contributed by atoms with Crippen molar-refractivity contribution in [2.75, 3.05) is 46.8 Å². The van der Waals surface area contributed by atoms with Crippen LogP contribution >= 0.6 is 0 Å². The fourth-order valence-electron chi connectivity index (χ4n) is 4.23. The Kier molecular flexibility index (Phi) is 5.81. The number of carbonyl (C=O) groups is 2. The zero-order valence-corrected chi connectivity index (χ0v) is 15.8. The molecule has 0 radical (unpaired) electrons. The van der Waals surface area contributed by atoms with E-state index in [9.17, 15) is 9.59 Å². The lowest BCUT2D eigenvalue weighted by Crippen LogP contribution is -2.47. The second kappa shape index (κ2) is 8.08. The summed E-state index contributed by atoms with van der Waals surface area (Å²) in [5.74, 6) is 0.894. The fourth-order valence-corrected chi connectivity index (χ4v) is 4.23. The number of hydrogen-bond acceptors (Lipinski definition) is 3. The van der Waals surface area contributed by atoms with Gasteiger partial charge in [-0.25, -0.2) is 4.79 Å². The van der Waals surface area contributed by atoms with E-state index >= 15 is 0 Å². The van der Waals surface area contributed by atoms with E-state index in [0.717, 1.165) is 25.9 Å². The number of nitrogens with two attached hydrogens (primary N) is 1. The van der Waals surface area contributed by atoms with Crippen molar-refractivity contribution in [3.05, 3.63) is 35.9 Å². The first-order chi connectivity index (χ1) is 12.5. The summed E-state index contributed by atoms with van der Waals surface area (Å²) in [5.41, 5.74) is 7.26. The number of hydrogen-bond donors (Lipinski definition) is 1. The number of piperidine rings is 1. The van der Waals surface area contributed by atoms with Crippen molar-refractivity contribution in [3.8, 4) is 0 Å². The molecule has 142 valence electrons. The van der Waals surface area contributed by atoms with Crippen LogP contribution in [0.15, 0.2) is 30.3 Å². The molecule has 0 bridgehead atoms. The first-order valence-corrected chi connectivity index (χ1v) is 9.51. The number of rotatable bonds is 3. The zero-order valence-electron chi connectivity index (χ0n) is 15.8. The summed E-state index contributed by atoms with van der Waals surface area (Å²) in [7, 11) is 3.53. The number of urea groups is 1. The second-order valence-electron chi connectivity index (χ2n) is 7.69. The van der Waals surface area contributed by atoms with E-state index in [0.29, 0.717) is 31.5 Å². The van der Waals surface area contributed by atoms with Crippen LogP contribution in [-0.2, 0) is 4.79 Å². The van der Waals surface area contributed by atoms with Gasteiger partial charge in [-0.3, -0.25) is 4.79 Å². The third kappa shape index (κ3) is 3.85. The van der Waals surface area contributed by atoms with E-state index in [4.69, 9.17) is 5.73 Å². The molecule has 0 saturated carbocycles. The van der Waals surface area contributed by atoms with Gasteiger partial charge in [-0.15, -0.1) is 0 Å². The average Bonchev–Trinajstić information content (AvgIpc) is 3.12. The van der Waals surface area contributed by atoms with Crippen molar-refractivity contribution in [1.82, 2.24) is 14.7 Å². The van der Waals surface area contributed by atoms with Crippen LogP contribution in [0.3, 0.4) is 0 Å². The third-order valence-corrected chi connectivity index (χ3v) is 5.78. The van der Waals surface area contributed by atoms with Crippen LogP contribution in [0.1, 0.15) is 24.3 Å². The highest BCUT2D eigenvalue weighted by Crippen LogP contribution is 2.33. The van der Waals surface area contributed by atoms with Crippen LogP contribution in [0.5, 0.6) is 0 Å². The molecule has 1 aromatic rings. The fraction of sp³-hybridized carbons (Fsp3) is 0.600. The molecule has 0 aliphatic carbocycles. The van der Waals surface area contributed by atoms with E-state index < -0.39 is 0 Å². The van der Waals surface area contributed by atoms with Crippen molar-refractivity contribution in [3.63, 3.8) is 0 Å². The Morgan fingerprint density at radius 1 is 1.08 bits per heavy atom. The molecular formula is C20H30N4O2. The van der Waals surface area contributed by atoms with E-state index in [2.05, 4.69) is 12.1 Å². The number of carbonyl (C=O) groups excluding carboxylic acids is 2. The molecule has 0 aromatic heterocycles. The van der Waals surface area contributed by atoms with E-state index in [1.807, 2.05) is 28.0 Å². The monoisotopic (exact) mass is 358 g/mol. The molecule has 2 aliphatic rings. The highest BCUT2D eigenvalue weighted by molar-refractivity contribution is 5.80. The van der Waals surface area contributed by atoms with Gasteiger partial charge in [0.15, 0.2) is 0 Å². The van der Waals surface area contributed by atoms with Crippen molar-refractivity contribution in [2.24, 2.45) is 17.6 Å². The topological polar surface area (TPSA) is 69.9 Å². The number of likely N-dealkylation sites (tertiary alicyclic amines) is 2. The molecule has 2 N–H and O–H groups in total. The van der Waals surface area contributed by atoms with Crippen molar-refractivity contribution in [1.29, 1.82) is 0 Å².